The molecule has 0 unspecified atom stereocenters. The van der Waals surface area contributed by atoms with Crippen LogP contribution in [-0.2, 0) is 9.53 Å². The number of carbonyl (C=O) groups is 2. The van der Waals surface area contributed by atoms with E-state index in [-0.39, 0.29) is 12.7 Å². The molecular weight excluding hydrogens is 332 g/mol. The van der Waals surface area contributed by atoms with Crippen LogP contribution >= 0.6 is 0 Å². The van der Waals surface area contributed by atoms with E-state index in [0.717, 1.165) is 16.0 Å². The summed E-state index contributed by atoms with van der Waals surface area (Å²) in [4.78, 5) is 29.8. The molecule has 1 aliphatic rings. The molecule has 1 saturated heterocycles. The Hall–Kier alpha value is -3.15. The molecule has 3 rings (SSSR count). The third-order valence-corrected chi connectivity index (χ3v) is 3.83. The smallest absolute Gasteiger partial charge is 0.417 e. The number of ether oxygens (including phenoxy) is 2. The quantitative estimate of drug-likeness (QED) is 0.769. The van der Waals surface area contributed by atoms with Crippen molar-refractivity contribution in [1.82, 2.24) is 9.88 Å². The number of nitrogens with zero attached hydrogens (tertiary/aromatic N) is 2. The Balaban J connectivity index is 1.71. The van der Waals surface area contributed by atoms with Crippen LogP contribution in [-0.4, -0.2) is 34.6 Å². The van der Waals surface area contributed by atoms with Crippen LogP contribution in [0.25, 0.3) is 6.08 Å². The van der Waals surface area contributed by atoms with E-state index in [1.54, 1.807) is 24.4 Å². The van der Waals surface area contributed by atoms with Gasteiger partial charge in [-0.3, -0.25) is 4.79 Å². The molecule has 1 aromatic heterocycles. The summed E-state index contributed by atoms with van der Waals surface area (Å²) in [5.74, 6) is 0.0969. The van der Waals surface area contributed by atoms with Gasteiger partial charge in [-0.15, -0.1) is 0 Å². The summed E-state index contributed by atoms with van der Waals surface area (Å²) in [7, 11) is 0. The van der Waals surface area contributed by atoms with Crippen LogP contribution in [0.3, 0.4) is 0 Å². The van der Waals surface area contributed by atoms with Crippen LogP contribution in [0, 0.1) is 0 Å². The Morgan fingerprint density at radius 3 is 2.69 bits per heavy atom. The average Bonchev–Trinajstić information content (AvgIpc) is 3.03. The molecule has 1 aromatic carbocycles. The Morgan fingerprint density at radius 2 is 2.04 bits per heavy atom. The van der Waals surface area contributed by atoms with Crippen molar-refractivity contribution in [2.24, 2.45) is 0 Å². The molecule has 0 spiro atoms. The molecule has 26 heavy (non-hydrogen) atoms. The van der Waals surface area contributed by atoms with Gasteiger partial charge in [-0.25, -0.2) is 14.7 Å². The Kier molecular flexibility index (Phi) is 5.31. The van der Waals surface area contributed by atoms with E-state index in [4.69, 9.17) is 9.47 Å². The standard InChI is InChI=1S/C20H20N2O4/c1-14(2)26-18-10-8-15(12-21-18)9-11-19(23)22-17(13-25-20(22)24)16-6-4-3-5-7-16/h3-12,14,17H,13H2,1-2H3/t17-/m0/s1. The van der Waals surface area contributed by atoms with Crippen LogP contribution < -0.4 is 4.74 Å². The summed E-state index contributed by atoms with van der Waals surface area (Å²) in [6.07, 6.45) is 3.98. The minimum absolute atomic E-state index is 0.0431. The monoisotopic (exact) mass is 352 g/mol. The lowest BCUT2D eigenvalue weighted by molar-refractivity contribution is -0.124. The minimum Gasteiger partial charge on any atom is -0.475 e. The van der Waals surface area contributed by atoms with Gasteiger partial charge in [0.2, 0.25) is 5.88 Å². The van der Waals surface area contributed by atoms with Gasteiger partial charge in [-0.05, 0) is 37.1 Å². The summed E-state index contributed by atoms with van der Waals surface area (Å²) in [5, 5.41) is 0. The molecule has 6 heteroatoms. The van der Waals surface area contributed by atoms with Gasteiger partial charge in [0.25, 0.3) is 5.91 Å². The Morgan fingerprint density at radius 1 is 1.27 bits per heavy atom. The first-order valence-corrected chi connectivity index (χ1v) is 8.40. The minimum atomic E-state index is -0.632. The van der Waals surface area contributed by atoms with E-state index in [1.807, 2.05) is 44.2 Å². The number of amides is 2. The van der Waals surface area contributed by atoms with Crippen molar-refractivity contribution in [1.29, 1.82) is 0 Å². The van der Waals surface area contributed by atoms with Crippen LogP contribution in [0.1, 0.15) is 31.0 Å². The normalized spacial score (nSPS) is 17.0. The van der Waals surface area contributed by atoms with Crippen LogP contribution in [0.15, 0.2) is 54.7 Å². The molecule has 0 aliphatic carbocycles. The number of hydrogen-bond donors (Lipinski definition) is 0. The predicted octanol–water partition coefficient (Wildman–Crippen LogP) is 3.60. The molecule has 0 radical (unpaired) electrons. The topological polar surface area (TPSA) is 68.7 Å². The second-order valence-corrected chi connectivity index (χ2v) is 6.14. The highest BCUT2D eigenvalue weighted by Crippen LogP contribution is 2.28. The van der Waals surface area contributed by atoms with E-state index < -0.39 is 18.0 Å². The number of rotatable bonds is 5. The largest absolute Gasteiger partial charge is 0.475 e. The number of carbonyl (C=O) groups excluding carboxylic acids is 2. The zero-order chi connectivity index (χ0) is 18.5. The molecule has 1 fully saturated rings. The maximum atomic E-state index is 12.5. The van der Waals surface area contributed by atoms with Crippen molar-refractivity contribution in [2.75, 3.05) is 6.61 Å². The molecule has 2 amide bonds. The Bertz CT molecular complexity index is 800. The lowest BCUT2D eigenvalue weighted by Crippen LogP contribution is -2.32. The van der Waals surface area contributed by atoms with Gasteiger partial charge in [0.05, 0.1) is 6.10 Å². The van der Waals surface area contributed by atoms with Crippen molar-refractivity contribution in [3.8, 4) is 5.88 Å². The van der Waals surface area contributed by atoms with Crippen molar-refractivity contribution in [2.45, 2.75) is 26.0 Å². The zero-order valence-electron chi connectivity index (χ0n) is 14.7. The van der Waals surface area contributed by atoms with Gasteiger partial charge in [0, 0.05) is 18.3 Å². The molecule has 1 aliphatic heterocycles. The number of imide groups is 1. The second kappa shape index (κ2) is 7.82. The molecule has 0 bridgehead atoms. The highest BCUT2D eigenvalue weighted by molar-refractivity contribution is 6.02. The molecule has 0 saturated carbocycles. The second-order valence-electron chi connectivity index (χ2n) is 6.14. The lowest BCUT2D eigenvalue weighted by Gasteiger charge is -2.18. The maximum absolute atomic E-state index is 12.5. The van der Waals surface area contributed by atoms with E-state index in [2.05, 4.69) is 4.98 Å². The van der Waals surface area contributed by atoms with Crippen molar-refractivity contribution < 1.29 is 19.1 Å². The predicted molar refractivity (Wildman–Crippen MR) is 96.4 cm³/mol. The first kappa shape index (κ1) is 17.7. The number of cyclic esters (lactones) is 1. The third kappa shape index (κ3) is 4.08. The highest BCUT2D eigenvalue weighted by Gasteiger charge is 2.37. The zero-order valence-corrected chi connectivity index (χ0v) is 14.7. The molecule has 2 aromatic rings. The highest BCUT2D eigenvalue weighted by atomic mass is 16.6. The molecule has 6 nitrogen and oxygen atoms in total. The summed E-state index contributed by atoms with van der Waals surface area (Å²) in [6, 6.07) is 12.5. The van der Waals surface area contributed by atoms with Gasteiger partial charge in [-0.1, -0.05) is 30.3 Å². The first-order valence-electron chi connectivity index (χ1n) is 8.40. The maximum Gasteiger partial charge on any atom is 0.417 e. The number of benzene rings is 1. The molecule has 1 atom stereocenters. The number of aromatic nitrogens is 1. The van der Waals surface area contributed by atoms with Gasteiger partial charge in [-0.2, -0.15) is 0 Å². The third-order valence-electron chi connectivity index (χ3n) is 3.83. The van der Waals surface area contributed by atoms with Gasteiger partial charge >= 0.3 is 6.09 Å². The van der Waals surface area contributed by atoms with Crippen molar-refractivity contribution >= 4 is 18.1 Å². The molecular formula is C20H20N2O4. The summed E-state index contributed by atoms with van der Waals surface area (Å²) in [5.41, 5.74) is 1.59. The SMILES string of the molecule is CC(C)Oc1ccc(C=CC(=O)N2C(=O)OC[C@H]2c2ccccc2)cn1. The fourth-order valence-corrected chi connectivity index (χ4v) is 2.63. The first-order chi connectivity index (χ1) is 12.5. The van der Waals surface area contributed by atoms with E-state index in [1.165, 1.54) is 6.08 Å². The molecule has 134 valence electrons. The van der Waals surface area contributed by atoms with Crippen LogP contribution in [0.4, 0.5) is 4.79 Å². The van der Waals surface area contributed by atoms with Crippen LogP contribution in [0.2, 0.25) is 0 Å². The Labute approximate surface area is 152 Å². The fourth-order valence-electron chi connectivity index (χ4n) is 2.63. The van der Waals surface area contributed by atoms with E-state index in [0.29, 0.717) is 5.88 Å². The summed E-state index contributed by atoms with van der Waals surface area (Å²) >= 11 is 0. The van der Waals surface area contributed by atoms with E-state index >= 15 is 0 Å². The van der Waals surface area contributed by atoms with E-state index in [9.17, 15) is 9.59 Å². The number of pyridine rings is 1. The molecule has 2 heterocycles. The summed E-state index contributed by atoms with van der Waals surface area (Å²) in [6.45, 7) is 4.00. The average molecular weight is 352 g/mol. The fraction of sp³-hybridized carbons (Fsp3) is 0.250. The van der Waals surface area contributed by atoms with Crippen molar-refractivity contribution in [3.05, 3.63) is 65.9 Å². The molecule has 0 N–H and O–H groups in total. The summed E-state index contributed by atoms with van der Waals surface area (Å²) < 4.78 is 10.5. The van der Waals surface area contributed by atoms with Gasteiger partial charge in [0.1, 0.15) is 12.6 Å². The lowest BCUT2D eigenvalue weighted by atomic mass is 10.1. The van der Waals surface area contributed by atoms with Gasteiger partial charge < -0.3 is 9.47 Å². The van der Waals surface area contributed by atoms with Crippen LogP contribution in [0.5, 0.6) is 5.88 Å². The number of hydrogen-bond acceptors (Lipinski definition) is 5. The van der Waals surface area contributed by atoms with Crippen molar-refractivity contribution in [3.63, 3.8) is 0 Å². The van der Waals surface area contributed by atoms with Gasteiger partial charge in [0.15, 0.2) is 0 Å².